The van der Waals surface area contributed by atoms with Crippen LogP contribution < -0.4 is 10.1 Å². The highest BCUT2D eigenvalue weighted by molar-refractivity contribution is 9.11. The van der Waals surface area contributed by atoms with Gasteiger partial charge in [-0.05, 0) is 45.8 Å². The molecule has 0 aliphatic rings. The third-order valence-corrected chi connectivity index (χ3v) is 5.75. The third kappa shape index (κ3) is 6.02. The van der Waals surface area contributed by atoms with Gasteiger partial charge < -0.3 is 10.1 Å². The van der Waals surface area contributed by atoms with Gasteiger partial charge >= 0.3 is 0 Å². The van der Waals surface area contributed by atoms with Crippen LogP contribution >= 0.6 is 39.0 Å². The van der Waals surface area contributed by atoms with E-state index in [-0.39, 0.29) is 5.91 Å². The zero-order valence-corrected chi connectivity index (χ0v) is 15.5. The number of amides is 1. The van der Waals surface area contributed by atoms with E-state index >= 15 is 0 Å². The Bertz CT molecular complexity index is 616. The topological polar surface area (TPSA) is 38.3 Å². The quantitative estimate of drug-likeness (QED) is 0.678. The molecule has 1 amide bonds. The summed E-state index contributed by atoms with van der Waals surface area (Å²) in [5.74, 6) is 2.73. The average Bonchev–Trinajstić information content (AvgIpc) is 2.92. The second kappa shape index (κ2) is 9.22. The Balaban J connectivity index is 1.63. The summed E-state index contributed by atoms with van der Waals surface area (Å²) < 4.78 is 6.32. The number of thioether (sulfide) groups is 1. The van der Waals surface area contributed by atoms with Crippen LogP contribution in [0.5, 0.6) is 5.75 Å². The fraction of sp³-hybridized carbons (Fsp3) is 0.312. The zero-order chi connectivity index (χ0) is 15.8. The lowest BCUT2D eigenvalue weighted by Gasteiger charge is -2.06. The summed E-state index contributed by atoms with van der Waals surface area (Å²) in [6.07, 6.45) is 0.389. The summed E-state index contributed by atoms with van der Waals surface area (Å²) in [5.41, 5.74) is 0.966. The van der Waals surface area contributed by atoms with Crippen LogP contribution in [0.2, 0.25) is 0 Å². The number of carbonyl (C=O) groups is 1. The molecule has 1 aromatic heterocycles. The standard InChI is InChI=1S/C16H18BrNO2S2/c1-20-13-4-2-3-12(9-13)10-16(19)18-7-8-21-11-14-5-6-15(17)22-14/h2-6,9H,7-8,10-11H2,1H3,(H,18,19). The van der Waals surface area contributed by atoms with Crippen molar-refractivity contribution >= 4 is 44.9 Å². The van der Waals surface area contributed by atoms with Crippen molar-refractivity contribution in [3.63, 3.8) is 0 Å². The van der Waals surface area contributed by atoms with Gasteiger partial charge in [0.15, 0.2) is 0 Å². The molecule has 0 aliphatic heterocycles. The van der Waals surface area contributed by atoms with Gasteiger partial charge in [0.2, 0.25) is 5.91 Å². The first kappa shape index (κ1) is 17.4. The predicted octanol–water partition coefficient (Wildman–Crippen LogP) is 4.11. The van der Waals surface area contributed by atoms with Gasteiger partial charge in [-0.25, -0.2) is 0 Å². The largest absolute Gasteiger partial charge is 0.497 e. The Labute approximate surface area is 147 Å². The number of carbonyl (C=O) groups excluding carboxylic acids is 1. The summed E-state index contributed by atoms with van der Waals surface area (Å²) >= 11 is 7.04. The van der Waals surface area contributed by atoms with Crippen molar-refractivity contribution < 1.29 is 9.53 Å². The molecule has 1 aromatic carbocycles. The van der Waals surface area contributed by atoms with Gasteiger partial charge in [-0.15, -0.1) is 11.3 Å². The van der Waals surface area contributed by atoms with E-state index in [0.29, 0.717) is 13.0 Å². The van der Waals surface area contributed by atoms with Crippen LogP contribution in [0.4, 0.5) is 0 Å². The molecule has 0 fully saturated rings. The fourth-order valence-corrected chi connectivity index (χ4v) is 4.35. The van der Waals surface area contributed by atoms with Crippen LogP contribution in [0.1, 0.15) is 10.4 Å². The molecule has 1 heterocycles. The molecule has 1 N–H and O–H groups in total. The van der Waals surface area contributed by atoms with E-state index in [1.54, 1.807) is 18.4 Å². The molecular formula is C16H18BrNO2S2. The molecule has 6 heteroatoms. The van der Waals surface area contributed by atoms with Crippen molar-refractivity contribution in [2.24, 2.45) is 0 Å². The predicted molar refractivity (Wildman–Crippen MR) is 97.9 cm³/mol. The molecule has 0 saturated heterocycles. The van der Waals surface area contributed by atoms with E-state index in [1.807, 2.05) is 36.0 Å². The highest BCUT2D eigenvalue weighted by Crippen LogP contribution is 2.25. The molecule has 3 nitrogen and oxygen atoms in total. The molecule has 0 unspecified atom stereocenters. The third-order valence-electron chi connectivity index (χ3n) is 2.94. The first-order chi connectivity index (χ1) is 10.7. The monoisotopic (exact) mass is 399 g/mol. The van der Waals surface area contributed by atoms with Crippen molar-refractivity contribution in [1.82, 2.24) is 5.32 Å². The van der Waals surface area contributed by atoms with E-state index in [0.717, 1.165) is 26.6 Å². The molecule has 0 aliphatic carbocycles. The maximum Gasteiger partial charge on any atom is 0.224 e. The van der Waals surface area contributed by atoms with Crippen LogP contribution in [0.3, 0.4) is 0 Å². The van der Waals surface area contributed by atoms with E-state index in [4.69, 9.17) is 4.74 Å². The average molecular weight is 400 g/mol. The lowest BCUT2D eigenvalue weighted by atomic mass is 10.1. The Morgan fingerprint density at radius 1 is 1.36 bits per heavy atom. The van der Waals surface area contributed by atoms with E-state index < -0.39 is 0 Å². The van der Waals surface area contributed by atoms with Gasteiger partial charge in [0.25, 0.3) is 0 Å². The van der Waals surface area contributed by atoms with Gasteiger partial charge in [0.1, 0.15) is 5.75 Å². The number of hydrogen-bond donors (Lipinski definition) is 1. The SMILES string of the molecule is COc1cccc(CC(=O)NCCSCc2ccc(Br)s2)c1. The minimum absolute atomic E-state index is 0.0488. The van der Waals surface area contributed by atoms with Gasteiger partial charge in [0.05, 0.1) is 17.3 Å². The molecule has 22 heavy (non-hydrogen) atoms. The Morgan fingerprint density at radius 2 is 2.23 bits per heavy atom. The maximum absolute atomic E-state index is 11.9. The number of benzene rings is 1. The number of thiophene rings is 1. The first-order valence-electron chi connectivity index (χ1n) is 6.89. The number of methoxy groups -OCH3 is 1. The summed E-state index contributed by atoms with van der Waals surface area (Å²) in [7, 11) is 1.63. The normalized spacial score (nSPS) is 10.5. The van der Waals surface area contributed by atoms with Gasteiger partial charge in [-0.2, -0.15) is 11.8 Å². The Hall–Kier alpha value is -0.980. The highest BCUT2D eigenvalue weighted by Gasteiger charge is 2.04. The number of halogens is 1. The van der Waals surface area contributed by atoms with Crippen LogP contribution in [-0.4, -0.2) is 25.3 Å². The molecule has 118 valence electrons. The molecule has 0 spiro atoms. The molecule has 0 radical (unpaired) electrons. The van der Waals surface area contributed by atoms with E-state index in [1.165, 1.54) is 4.88 Å². The smallest absolute Gasteiger partial charge is 0.224 e. The number of nitrogens with one attached hydrogen (secondary N) is 1. The number of rotatable bonds is 8. The summed E-state index contributed by atoms with van der Waals surface area (Å²) in [4.78, 5) is 13.2. The van der Waals surface area contributed by atoms with Crippen molar-refractivity contribution in [2.45, 2.75) is 12.2 Å². The van der Waals surface area contributed by atoms with Crippen molar-refractivity contribution in [2.75, 3.05) is 19.4 Å². The summed E-state index contributed by atoms with van der Waals surface area (Å²) in [6.45, 7) is 0.694. The lowest BCUT2D eigenvalue weighted by Crippen LogP contribution is -2.27. The first-order valence-corrected chi connectivity index (χ1v) is 9.65. The Morgan fingerprint density at radius 3 is 2.95 bits per heavy atom. The number of hydrogen-bond acceptors (Lipinski definition) is 4. The van der Waals surface area contributed by atoms with Gasteiger partial charge in [-0.3, -0.25) is 4.79 Å². The molecule has 0 bridgehead atoms. The van der Waals surface area contributed by atoms with Gasteiger partial charge in [-0.1, -0.05) is 12.1 Å². The fourth-order valence-electron chi connectivity index (χ4n) is 1.90. The van der Waals surface area contributed by atoms with Crippen LogP contribution in [-0.2, 0) is 17.0 Å². The summed E-state index contributed by atoms with van der Waals surface area (Å²) in [5, 5.41) is 2.95. The van der Waals surface area contributed by atoms with E-state index in [9.17, 15) is 4.79 Å². The van der Waals surface area contributed by atoms with Gasteiger partial charge in [0, 0.05) is 22.9 Å². The minimum atomic E-state index is 0.0488. The highest BCUT2D eigenvalue weighted by atomic mass is 79.9. The minimum Gasteiger partial charge on any atom is -0.497 e. The second-order valence-corrected chi connectivity index (χ2v) is 8.29. The number of ether oxygens (including phenoxy) is 1. The van der Waals surface area contributed by atoms with Crippen LogP contribution in [0.15, 0.2) is 40.2 Å². The van der Waals surface area contributed by atoms with Crippen molar-refractivity contribution in [3.8, 4) is 5.75 Å². The molecule has 0 atom stereocenters. The van der Waals surface area contributed by atoms with Crippen molar-refractivity contribution in [1.29, 1.82) is 0 Å². The van der Waals surface area contributed by atoms with E-state index in [2.05, 4.69) is 33.4 Å². The maximum atomic E-state index is 11.9. The second-order valence-electron chi connectivity index (χ2n) is 4.64. The summed E-state index contributed by atoms with van der Waals surface area (Å²) in [6, 6.07) is 11.8. The molecule has 0 saturated carbocycles. The Kier molecular flexibility index (Phi) is 7.29. The molecule has 2 rings (SSSR count). The van der Waals surface area contributed by atoms with Crippen LogP contribution in [0.25, 0.3) is 0 Å². The van der Waals surface area contributed by atoms with Crippen LogP contribution in [0, 0.1) is 0 Å². The molecular weight excluding hydrogens is 382 g/mol. The zero-order valence-electron chi connectivity index (χ0n) is 12.3. The van der Waals surface area contributed by atoms with Crippen molar-refractivity contribution in [3.05, 3.63) is 50.6 Å². The molecule has 2 aromatic rings. The lowest BCUT2D eigenvalue weighted by molar-refractivity contribution is -0.120.